The van der Waals surface area contributed by atoms with E-state index >= 15 is 0 Å². The quantitative estimate of drug-likeness (QED) is 0.704. The first-order chi connectivity index (χ1) is 10.7. The van der Waals surface area contributed by atoms with E-state index in [0.717, 1.165) is 5.69 Å². The van der Waals surface area contributed by atoms with Crippen LogP contribution in [0.3, 0.4) is 0 Å². The molecule has 128 valence electrons. The molecule has 0 atom stereocenters. The van der Waals surface area contributed by atoms with Crippen molar-refractivity contribution in [2.24, 2.45) is 0 Å². The van der Waals surface area contributed by atoms with Gasteiger partial charge in [0.15, 0.2) is 0 Å². The SMILES string of the molecule is CC(C)NC(=O)c1ccc(NCCNC(=O)OC(C)(C)C)cc1. The van der Waals surface area contributed by atoms with Gasteiger partial charge < -0.3 is 20.7 Å². The van der Waals surface area contributed by atoms with Crippen LogP contribution in [-0.4, -0.2) is 36.7 Å². The lowest BCUT2D eigenvalue weighted by molar-refractivity contribution is 0.0530. The van der Waals surface area contributed by atoms with Gasteiger partial charge in [-0.2, -0.15) is 0 Å². The van der Waals surface area contributed by atoms with Gasteiger partial charge in [-0.1, -0.05) is 0 Å². The highest BCUT2D eigenvalue weighted by molar-refractivity contribution is 5.94. The Morgan fingerprint density at radius 1 is 1.09 bits per heavy atom. The molecule has 0 radical (unpaired) electrons. The molecule has 0 aliphatic rings. The van der Waals surface area contributed by atoms with E-state index in [-0.39, 0.29) is 11.9 Å². The maximum Gasteiger partial charge on any atom is 0.407 e. The molecule has 0 heterocycles. The lowest BCUT2D eigenvalue weighted by Gasteiger charge is -2.19. The number of benzene rings is 1. The lowest BCUT2D eigenvalue weighted by Crippen LogP contribution is -2.35. The van der Waals surface area contributed by atoms with Crippen molar-refractivity contribution in [2.75, 3.05) is 18.4 Å². The number of amides is 2. The Labute approximate surface area is 138 Å². The highest BCUT2D eigenvalue weighted by Gasteiger charge is 2.15. The van der Waals surface area contributed by atoms with Crippen molar-refractivity contribution in [1.29, 1.82) is 0 Å². The molecule has 0 aliphatic carbocycles. The lowest BCUT2D eigenvalue weighted by atomic mass is 10.2. The number of anilines is 1. The summed E-state index contributed by atoms with van der Waals surface area (Å²) >= 11 is 0. The molecule has 6 nitrogen and oxygen atoms in total. The highest BCUT2D eigenvalue weighted by atomic mass is 16.6. The van der Waals surface area contributed by atoms with Crippen LogP contribution in [0.4, 0.5) is 10.5 Å². The van der Waals surface area contributed by atoms with Crippen LogP contribution in [0, 0.1) is 0 Å². The third-order valence-corrected chi connectivity index (χ3v) is 2.69. The summed E-state index contributed by atoms with van der Waals surface area (Å²) in [6.07, 6.45) is -0.431. The van der Waals surface area contributed by atoms with Gasteiger partial charge in [0.25, 0.3) is 5.91 Å². The molecule has 0 fully saturated rings. The molecule has 1 rings (SSSR count). The number of ether oxygens (including phenoxy) is 1. The fourth-order valence-electron chi connectivity index (χ4n) is 1.77. The summed E-state index contributed by atoms with van der Waals surface area (Å²) in [6, 6.07) is 7.31. The van der Waals surface area contributed by atoms with Gasteiger partial charge in [0, 0.05) is 30.4 Å². The Balaban J connectivity index is 2.33. The minimum Gasteiger partial charge on any atom is -0.444 e. The number of nitrogens with one attached hydrogen (secondary N) is 3. The molecule has 6 heteroatoms. The molecule has 23 heavy (non-hydrogen) atoms. The van der Waals surface area contributed by atoms with E-state index in [0.29, 0.717) is 18.7 Å². The van der Waals surface area contributed by atoms with Crippen molar-refractivity contribution < 1.29 is 14.3 Å². The van der Waals surface area contributed by atoms with Crippen LogP contribution in [0.15, 0.2) is 24.3 Å². The molecule has 2 amide bonds. The van der Waals surface area contributed by atoms with Gasteiger partial charge in [-0.25, -0.2) is 4.79 Å². The maximum atomic E-state index is 11.8. The third kappa shape index (κ3) is 8.09. The van der Waals surface area contributed by atoms with E-state index in [9.17, 15) is 9.59 Å². The van der Waals surface area contributed by atoms with Crippen LogP contribution in [0.5, 0.6) is 0 Å². The van der Waals surface area contributed by atoms with Gasteiger partial charge in [-0.05, 0) is 58.9 Å². The fourth-order valence-corrected chi connectivity index (χ4v) is 1.77. The van der Waals surface area contributed by atoms with Crippen molar-refractivity contribution in [2.45, 2.75) is 46.3 Å². The van der Waals surface area contributed by atoms with Gasteiger partial charge in [0.2, 0.25) is 0 Å². The number of rotatable bonds is 6. The first-order valence-corrected chi connectivity index (χ1v) is 7.79. The fraction of sp³-hybridized carbons (Fsp3) is 0.529. The molecule has 0 aromatic heterocycles. The summed E-state index contributed by atoms with van der Waals surface area (Å²) < 4.78 is 5.14. The predicted molar refractivity (Wildman–Crippen MR) is 91.8 cm³/mol. The largest absolute Gasteiger partial charge is 0.444 e. The zero-order valence-electron chi connectivity index (χ0n) is 14.5. The molecule has 0 saturated heterocycles. The standard InChI is InChI=1S/C17H27N3O3/c1-12(2)20-15(21)13-6-8-14(9-7-13)18-10-11-19-16(22)23-17(3,4)5/h6-9,12,18H,10-11H2,1-5H3,(H,19,22)(H,20,21). The molecule has 0 spiro atoms. The second kappa shape index (κ2) is 8.41. The van der Waals surface area contributed by atoms with Crippen LogP contribution in [-0.2, 0) is 4.74 Å². The third-order valence-electron chi connectivity index (χ3n) is 2.69. The first-order valence-electron chi connectivity index (χ1n) is 7.79. The molecule has 0 bridgehead atoms. The van der Waals surface area contributed by atoms with Crippen LogP contribution in [0.2, 0.25) is 0 Å². The first kappa shape index (κ1) is 18.8. The molecular weight excluding hydrogens is 294 g/mol. The normalized spacial score (nSPS) is 11.0. The zero-order valence-corrected chi connectivity index (χ0v) is 14.5. The van der Waals surface area contributed by atoms with Crippen molar-refractivity contribution >= 4 is 17.7 Å². The van der Waals surface area contributed by atoms with Crippen molar-refractivity contribution in [3.63, 3.8) is 0 Å². The van der Waals surface area contributed by atoms with Crippen molar-refractivity contribution in [3.05, 3.63) is 29.8 Å². The van der Waals surface area contributed by atoms with E-state index in [1.165, 1.54) is 0 Å². The average molecular weight is 321 g/mol. The Morgan fingerprint density at radius 2 is 1.70 bits per heavy atom. The topological polar surface area (TPSA) is 79.5 Å². The molecular formula is C17H27N3O3. The van der Waals surface area contributed by atoms with Crippen LogP contribution >= 0.6 is 0 Å². The number of carbonyl (C=O) groups is 2. The molecule has 0 aliphatic heterocycles. The van der Waals surface area contributed by atoms with Crippen LogP contribution in [0.1, 0.15) is 45.0 Å². The summed E-state index contributed by atoms with van der Waals surface area (Å²) in [5, 5.41) is 8.68. The average Bonchev–Trinajstić information content (AvgIpc) is 2.41. The minimum absolute atomic E-state index is 0.0851. The van der Waals surface area contributed by atoms with Gasteiger partial charge in [0.1, 0.15) is 5.60 Å². The van der Waals surface area contributed by atoms with E-state index in [1.54, 1.807) is 12.1 Å². The second-order valence-corrected chi connectivity index (χ2v) is 6.56. The second-order valence-electron chi connectivity index (χ2n) is 6.56. The maximum absolute atomic E-state index is 11.8. The Hall–Kier alpha value is -2.24. The van der Waals surface area contributed by atoms with E-state index in [4.69, 9.17) is 4.74 Å². The smallest absolute Gasteiger partial charge is 0.407 e. The number of alkyl carbamates (subject to hydrolysis) is 1. The highest BCUT2D eigenvalue weighted by Crippen LogP contribution is 2.09. The van der Waals surface area contributed by atoms with E-state index in [2.05, 4.69) is 16.0 Å². The zero-order chi connectivity index (χ0) is 17.5. The summed E-state index contributed by atoms with van der Waals surface area (Å²) in [5.74, 6) is -0.0851. The molecule has 3 N–H and O–H groups in total. The van der Waals surface area contributed by atoms with E-state index < -0.39 is 11.7 Å². The minimum atomic E-state index is -0.496. The van der Waals surface area contributed by atoms with Gasteiger partial charge in [-0.3, -0.25) is 4.79 Å². The van der Waals surface area contributed by atoms with Crippen molar-refractivity contribution in [3.8, 4) is 0 Å². The van der Waals surface area contributed by atoms with Crippen molar-refractivity contribution in [1.82, 2.24) is 10.6 Å². The number of hydrogen-bond acceptors (Lipinski definition) is 4. The summed E-state index contributed by atoms with van der Waals surface area (Å²) in [7, 11) is 0. The van der Waals surface area contributed by atoms with Crippen LogP contribution in [0.25, 0.3) is 0 Å². The van der Waals surface area contributed by atoms with E-state index in [1.807, 2.05) is 46.8 Å². The molecule has 0 unspecified atom stereocenters. The Bertz CT molecular complexity index is 519. The Morgan fingerprint density at radius 3 is 2.22 bits per heavy atom. The summed E-state index contributed by atoms with van der Waals surface area (Å²) in [5.41, 5.74) is 1.01. The van der Waals surface area contributed by atoms with Gasteiger partial charge >= 0.3 is 6.09 Å². The predicted octanol–water partition coefficient (Wildman–Crippen LogP) is 2.76. The number of hydrogen-bond donors (Lipinski definition) is 3. The number of carbonyl (C=O) groups excluding carboxylic acids is 2. The summed E-state index contributed by atoms with van der Waals surface area (Å²) in [6.45, 7) is 10.3. The molecule has 1 aromatic rings. The Kier molecular flexibility index (Phi) is 6.88. The van der Waals surface area contributed by atoms with Gasteiger partial charge in [-0.15, -0.1) is 0 Å². The van der Waals surface area contributed by atoms with Crippen LogP contribution < -0.4 is 16.0 Å². The molecule has 0 saturated carbocycles. The monoisotopic (exact) mass is 321 g/mol. The van der Waals surface area contributed by atoms with Gasteiger partial charge in [0.05, 0.1) is 0 Å². The molecule has 1 aromatic carbocycles. The summed E-state index contributed by atoms with van der Waals surface area (Å²) in [4.78, 5) is 23.3.